The molecule has 14 heavy (non-hydrogen) atoms. The Morgan fingerprint density at radius 1 is 1.50 bits per heavy atom. The number of nitrogens with two attached hydrogens (primary N) is 1. The highest BCUT2D eigenvalue weighted by molar-refractivity contribution is 5.35. The van der Waals surface area contributed by atoms with Crippen LogP contribution < -0.4 is 15.8 Å². The molecule has 1 aliphatic rings. The summed E-state index contributed by atoms with van der Waals surface area (Å²) in [5.41, 5.74) is 5.98. The van der Waals surface area contributed by atoms with E-state index in [0.717, 1.165) is 0 Å². The second kappa shape index (κ2) is 3.22. The van der Waals surface area contributed by atoms with Crippen molar-refractivity contribution < 1.29 is 9.13 Å². The lowest BCUT2D eigenvalue weighted by Crippen LogP contribution is -2.63. The second-order valence-electron chi connectivity index (χ2n) is 3.61. The molecule has 0 amide bonds. The Hall–Kier alpha value is -1.13. The van der Waals surface area contributed by atoms with E-state index in [1.54, 1.807) is 12.1 Å². The molecule has 1 aromatic carbocycles. The summed E-state index contributed by atoms with van der Waals surface area (Å²) in [6, 6.07) is 4.78. The molecular weight excluding hydrogens is 183 g/mol. The van der Waals surface area contributed by atoms with Crippen molar-refractivity contribution in [1.82, 2.24) is 5.32 Å². The first-order chi connectivity index (χ1) is 6.65. The third-order valence-electron chi connectivity index (χ3n) is 2.59. The molecule has 2 rings (SSSR count). The van der Waals surface area contributed by atoms with Gasteiger partial charge in [0.1, 0.15) is 11.6 Å². The smallest absolute Gasteiger partial charge is 0.132 e. The maximum atomic E-state index is 13.6. The first-order valence-corrected chi connectivity index (χ1v) is 4.49. The summed E-state index contributed by atoms with van der Waals surface area (Å²) in [6.07, 6.45) is 0. The van der Waals surface area contributed by atoms with Gasteiger partial charge in [-0.25, -0.2) is 4.39 Å². The zero-order chi connectivity index (χ0) is 10.2. The van der Waals surface area contributed by atoms with Gasteiger partial charge in [0, 0.05) is 24.7 Å². The Morgan fingerprint density at radius 3 is 2.64 bits per heavy atom. The van der Waals surface area contributed by atoms with Crippen LogP contribution in [-0.4, -0.2) is 20.2 Å². The standard InChI is InChI=1S/C10H13FN2O/c1-14-7-2-3-8(9(11)4-7)10(12)5-13-6-10/h2-4,13H,5-6,12H2,1H3. The number of hydrogen-bond acceptors (Lipinski definition) is 3. The van der Waals surface area contributed by atoms with Gasteiger partial charge in [-0.1, -0.05) is 6.07 Å². The number of rotatable bonds is 2. The molecule has 0 spiro atoms. The first-order valence-electron chi connectivity index (χ1n) is 4.49. The summed E-state index contributed by atoms with van der Waals surface area (Å²) in [6.45, 7) is 1.24. The molecule has 0 radical (unpaired) electrons. The van der Waals surface area contributed by atoms with Crippen molar-refractivity contribution in [1.29, 1.82) is 0 Å². The molecule has 1 fully saturated rings. The van der Waals surface area contributed by atoms with E-state index < -0.39 is 5.54 Å². The Labute approximate surface area is 82.1 Å². The number of halogens is 1. The van der Waals surface area contributed by atoms with Gasteiger partial charge in [-0.3, -0.25) is 0 Å². The average Bonchev–Trinajstić information content (AvgIpc) is 2.14. The zero-order valence-corrected chi connectivity index (χ0v) is 8.01. The second-order valence-corrected chi connectivity index (χ2v) is 3.61. The van der Waals surface area contributed by atoms with E-state index >= 15 is 0 Å². The van der Waals surface area contributed by atoms with Gasteiger partial charge < -0.3 is 15.8 Å². The van der Waals surface area contributed by atoms with Crippen molar-refractivity contribution in [3.05, 3.63) is 29.6 Å². The van der Waals surface area contributed by atoms with Crippen LogP contribution in [0.25, 0.3) is 0 Å². The van der Waals surface area contributed by atoms with Crippen molar-refractivity contribution in [3.63, 3.8) is 0 Å². The van der Waals surface area contributed by atoms with Crippen LogP contribution in [0.2, 0.25) is 0 Å². The molecule has 3 nitrogen and oxygen atoms in total. The fourth-order valence-corrected chi connectivity index (χ4v) is 1.61. The van der Waals surface area contributed by atoms with Crippen LogP contribution >= 0.6 is 0 Å². The van der Waals surface area contributed by atoms with E-state index in [0.29, 0.717) is 24.4 Å². The molecule has 0 atom stereocenters. The minimum atomic E-state index is -0.545. The van der Waals surface area contributed by atoms with Crippen LogP contribution in [0.3, 0.4) is 0 Å². The molecule has 0 bridgehead atoms. The molecule has 0 aromatic heterocycles. The molecule has 0 saturated carbocycles. The monoisotopic (exact) mass is 196 g/mol. The van der Waals surface area contributed by atoms with Crippen molar-refractivity contribution >= 4 is 0 Å². The van der Waals surface area contributed by atoms with Crippen molar-refractivity contribution in [2.24, 2.45) is 5.73 Å². The zero-order valence-electron chi connectivity index (χ0n) is 8.01. The molecule has 0 unspecified atom stereocenters. The van der Waals surface area contributed by atoms with E-state index in [1.807, 2.05) is 0 Å². The van der Waals surface area contributed by atoms with Crippen LogP contribution in [0.1, 0.15) is 5.56 Å². The summed E-state index contributed by atoms with van der Waals surface area (Å²) < 4.78 is 18.5. The van der Waals surface area contributed by atoms with Gasteiger partial charge in [0.2, 0.25) is 0 Å². The number of methoxy groups -OCH3 is 1. The summed E-state index contributed by atoms with van der Waals surface area (Å²) in [7, 11) is 1.51. The van der Waals surface area contributed by atoms with Gasteiger partial charge in [0.25, 0.3) is 0 Å². The lowest BCUT2D eigenvalue weighted by Gasteiger charge is -2.39. The number of hydrogen-bond donors (Lipinski definition) is 2. The highest BCUT2D eigenvalue weighted by Crippen LogP contribution is 2.27. The maximum absolute atomic E-state index is 13.6. The predicted octanol–water partition coefficient (Wildman–Crippen LogP) is 0.591. The van der Waals surface area contributed by atoms with Crippen molar-refractivity contribution in [2.75, 3.05) is 20.2 Å². The third-order valence-corrected chi connectivity index (χ3v) is 2.59. The molecule has 4 heteroatoms. The van der Waals surface area contributed by atoms with E-state index in [1.165, 1.54) is 13.2 Å². The largest absolute Gasteiger partial charge is 0.497 e. The average molecular weight is 196 g/mol. The molecule has 76 valence electrons. The van der Waals surface area contributed by atoms with Crippen LogP contribution in [0.15, 0.2) is 18.2 Å². The fraction of sp³-hybridized carbons (Fsp3) is 0.400. The maximum Gasteiger partial charge on any atom is 0.132 e. The third kappa shape index (κ3) is 1.36. The minimum absolute atomic E-state index is 0.298. The van der Waals surface area contributed by atoms with Crippen molar-refractivity contribution in [2.45, 2.75) is 5.54 Å². The van der Waals surface area contributed by atoms with Gasteiger partial charge in [-0.15, -0.1) is 0 Å². The predicted molar refractivity (Wildman–Crippen MR) is 51.7 cm³/mol. The Balaban J connectivity index is 2.35. The van der Waals surface area contributed by atoms with Crippen LogP contribution in [-0.2, 0) is 5.54 Å². The molecule has 0 aliphatic carbocycles. The Bertz CT molecular complexity index is 350. The Kier molecular flexibility index (Phi) is 2.17. The van der Waals surface area contributed by atoms with E-state index in [2.05, 4.69) is 5.32 Å². The molecule has 1 aromatic rings. The van der Waals surface area contributed by atoms with Gasteiger partial charge in [0.15, 0.2) is 0 Å². The van der Waals surface area contributed by atoms with Crippen LogP contribution in [0, 0.1) is 5.82 Å². The summed E-state index contributed by atoms with van der Waals surface area (Å²) >= 11 is 0. The summed E-state index contributed by atoms with van der Waals surface area (Å²) in [4.78, 5) is 0. The van der Waals surface area contributed by atoms with Crippen molar-refractivity contribution in [3.8, 4) is 5.75 Å². The lowest BCUT2D eigenvalue weighted by molar-refractivity contribution is 0.277. The van der Waals surface area contributed by atoms with Gasteiger partial charge >= 0.3 is 0 Å². The number of ether oxygens (including phenoxy) is 1. The van der Waals surface area contributed by atoms with Gasteiger partial charge in [-0.2, -0.15) is 0 Å². The SMILES string of the molecule is COc1ccc(C2(N)CNC2)c(F)c1. The topological polar surface area (TPSA) is 47.3 Å². The van der Waals surface area contributed by atoms with Gasteiger partial charge in [0.05, 0.1) is 12.6 Å². The van der Waals surface area contributed by atoms with Crippen LogP contribution in [0.4, 0.5) is 4.39 Å². The molecular formula is C10H13FN2O. The molecule has 3 N–H and O–H groups in total. The highest BCUT2D eigenvalue weighted by Gasteiger charge is 2.36. The highest BCUT2D eigenvalue weighted by atomic mass is 19.1. The van der Waals surface area contributed by atoms with E-state index in [-0.39, 0.29) is 5.82 Å². The summed E-state index contributed by atoms with van der Waals surface area (Å²) in [5.74, 6) is 0.218. The molecule has 1 heterocycles. The van der Waals surface area contributed by atoms with Gasteiger partial charge in [-0.05, 0) is 6.07 Å². The fourth-order valence-electron chi connectivity index (χ4n) is 1.61. The van der Waals surface area contributed by atoms with E-state index in [4.69, 9.17) is 10.5 Å². The summed E-state index contributed by atoms with van der Waals surface area (Å²) in [5, 5.41) is 3.03. The van der Waals surface area contributed by atoms with E-state index in [9.17, 15) is 4.39 Å². The lowest BCUT2D eigenvalue weighted by atomic mass is 9.85. The molecule has 1 aliphatic heterocycles. The minimum Gasteiger partial charge on any atom is -0.497 e. The molecule has 1 saturated heterocycles. The normalized spacial score (nSPS) is 18.8. The van der Waals surface area contributed by atoms with Crippen LogP contribution in [0.5, 0.6) is 5.75 Å². The quantitative estimate of drug-likeness (QED) is 0.727. The number of benzene rings is 1. The Morgan fingerprint density at radius 2 is 2.21 bits per heavy atom. The first kappa shape index (κ1) is 9.43. The number of nitrogens with one attached hydrogen (secondary N) is 1.